The van der Waals surface area contributed by atoms with Crippen LogP contribution in [0.1, 0.15) is 22.7 Å². The highest BCUT2D eigenvalue weighted by atomic mass is 32.1. The Bertz CT molecular complexity index is 370. The molecule has 1 aromatic rings. The number of β-amino-alcohol motifs (C(OH)–C–C–N with tert-alkyl or cyclic N) is 2. The summed E-state index contributed by atoms with van der Waals surface area (Å²) in [4.78, 5) is 4.54. The fourth-order valence-corrected chi connectivity index (χ4v) is 3.54. The zero-order chi connectivity index (χ0) is 12.6. The number of thiophene rings is 1. The van der Waals surface area contributed by atoms with Gasteiger partial charge in [-0.15, -0.1) is 11.3 Å². The molecule has 0 spiro atoms. The van der Waals surface area contributed by atoms with Crippen molar-refractivity contribution in [1.82, 2.24) is 4.90 Å². The molecule has 96 valence electrons. The Morgan fingerprint density at radius 1 is 1.35 bits per heavy atom. The Hall–Kier alpha value is -0.460. The van der Waals surface area contributed by atoms with Gasteiger partial charge in [0.2, 0.25) is 0 Å². The van der Waals surface area contributed by atoms with Gasteiger partial charge in [-0.25, -0.2) is 0 Å². The van der Waals surface area contributed by atoms with E-state index in [1.165, 1.54) is 9.75 Å². The Labute approximate surface area is 106 Å². The van der Waals surface area contributed by atoms with Crippen molar-refractivity contribution in [3.63, 3.8) is 0 Å². The van der Waals surface area contributed by atoms with Crippen LogP contribution < -0.4 is 5.73 Å². The smallest absolute Gasteiger partial charge is 0.0938 e. The molecule has 1 fully saturated rings. The number of likely N-dealkylation sites (tertiary alicyclic amines) is 1. The molecule has 0 bridgehead atoms. The van der Waals surface area contributed by atoms with Crippen molar-refractivity contribution in [3.8, 4) is 0 Å². The van der Waals surface area contributed by atoms with Gasteiger partial charge >= 0.3 is 0 Å². The summed E-state index contributed by atoms with van der Waals surface area (Å²) in [6.45, 7) is 5.02. The summed E-state index contributed by atoms with van der Waals surface area (Å²) in [7, 11) is 0. The molecule has 1 aromatic heterocycles. The topological polar surface area (TPSA) is 69.7 Å². The predicted molar refractivity (Wildman–Crippen MR) is 69.0 cm³/mol. The van der Waals surface area contributed by atoms with Crippen molar-refractivity contribution in [1.29, 1.82) is 0 Å². The number of aliphatic hydroxyl groups is 2. The lowest BCUT2D eigenvalue weighted by Crippen LogP contribution is -2.38. The third kappa shape index (κ3) is 2.69. The van der Waals surface area contributed by atoms with Gasteiger partial charge in [0.05, 0.1) is 18.2 Å². The normalized spacial score (nSPS) is 29.5. The Balaban J connectivity index is 2.19. The molecule has 1 saturated heterocycles. The van der Waals surface area contributed by atoms with Gasteiger partial charge in [-0.05, 0) is 26.0 Å². The Kier molecular flexibility index (Phi) is 3.85. The van der Waals surface area contributed by atoms with Crippen LogP contribution in [0.15, 0.2) is 12.1 Å². The van der Waals surface area contributed by atoms with E-state index in [-0.39, 0.29) is 12.1 Å². The summed E-state index contributed by atoms with van der Waals surface area (Å²) < 4.78 is 0. The first-order valence-electron chi connectivity index (χ1n) is 5.91. The molecule has 0 aliphatic carbocycles. The predicted octanol–water partition coefficient (Wildman–Crippen LogP) is 0.482. The van der Waals surface area contributed by atoms with Crippen LogP contribution in [0.3, 0.4) is 0 Å². The second-order valence-corrected chi connectivity index (χ2v) is 6.16. The number of aryl methyl sites for hydroxylation is 1. The molecule has 4 atom stereocenters. The molecule has 0 aromatic carbocycles. The molecule has 0 saturated carbocycles. The molecule has 1 aliphatic heterocycles. The van der Waals surface area contributed by atoms with Crippen molar-refractivity contribution in [2.45, 2.75) is 38.1 Å². The SMILES string of the molecule is Cc1ccc(C(C(C)N)N2CC(O)C(O)C2)s1. The van der Waals surface area contributed by atoms with Gasteiger partial charge in [-0.3, -0.25) is 4.90 Å². The van der Waals surface area contributed by atoms with Crippen molar-refractivity contribution < 1.29 is 10.2 Å². The average molecular weight is 256 g/mol. The van der Waals surface area contributed by atoms with Crippen LogP contribution in [0.4, 0.5) is 0 Å². The average Bonchev–Trinajstić information content (AvgIpc) is 2.76. The summed E-state index contributed by atoms with van der Waals surface area (Å²) in [6, 6.07) is 4.23. The Morgan fingerprint density at radius 3 is 2.35 bits per heavy atom. The van der Waals surface area contributed by atoms with Crippen molar-refractivity contribution in [2.75, 3.05) is 13.1 Å². The van der Waals surface area contributed by atoms with Crippen LogP contribution in [0, 0.1) is 6.92 Å². The van der Waals surface area contributed by atoms with Crippen molar-refractivity contribution >= 4 is 11.3 Å². The minimum Gasteiger partial charge on any atom is -0.389 e. The fourth-order valence-electron chi connectivity index (χ4n) is 2.41. The number of aliphatic hydroxyl groups excluding tert-OH is 2. The minimum absolute atomic E-state index is 0.0226. The van der Waals surface area contributed by atoms with Crippen molar-refractivity contribution in [3.05, 3.63) is 21.9 Å². The number of hydrogen-bond donors (Lipinski definition) is 3. The molecule has 17 heavy (non-hydrogen) atoms. The zero-order valence-corrected chi connectivity index (χ0v) is 11.0. The van der Waals surface area contributed by atoms with Crippen molar-refractivity contribution in [2.24, 2.45) is 5.73 Å². The molecule has 0 radical (unpaired) electrons. The van der Waals surface area contributed by atoms with E-state index < -0.39 is 12.2 Å². The highest BCUT2D eigenvalue weighted by Crippen LogP contribution is 2.32. The van der Waals surface area contributed by atoms with Crippen LogP contribution in [0.2, 0.25) is 0 Å². The minimum atomic E-state index is -0.655. The second-order valence-electron chi connectivity index (χ2n) is 4.84. The molecule has 4 N–H and O–H groups in total. The van der Waals surface area contributed by atoms with E-state index in [2.05, 4.69) is 24.0 Å². The van der Waals surface area contributed by atoms with Crippen LogP contribution in [0.5, 0.6) is 0 Å². The molecular formula is C12H20N2O2S. The van der Waals surface area contributed by atoms with Gasteiger partial charge in [0.1, 0.15) is 0 Å². The van der Waals surface area contributed by atoms with Crippen LogP contribution >= 0.6 is 11.3 Å². The molecule has 2 rings (SSSR count). The summed E-state index contributed by atoms with van der Waals surface area (Å²) in [6.07, 6.45) is -1.31. The summed E-state index contributed by atoms with van der Waals surface area (Å²) in [5.74, 6) is 0. The molecular weight excluding hydrogens is 236 g/mol. The number of rotatable bonds is 3. The van der Waals surface area contributed by atoms with Gasteiger partial charge in [0, 0.05) is 28.9 Å². The summed E-state index contributed by atoms with van der Waals surface area (Å²) >= 11 is 1.73. The molecule has 2 heterocycles. The molecule has 4 unspecified atom stereocenters. The molecule has 5 heteroatoms. The van der Waals surface area contributed by atoms with Crippen LogP contribution in [-0.4, -0.2) is 46.5 Å². The lowest BCUT2D eigenvalue weighted by Gasteiger charge is -2.29. The lowest BCUT2D eigenvalue weighted by atomic mass is 10.1. The Morgan fingerprint density at radius 2 is 1.94 bits per heavy atom. The number of nitrogens with zero attached hydrogens (tertiary/aromatic N) is 1. The molecule has 1 aliphatic rings. The van der Waals surface area contributed by atoms with E-state index in [9.17, 15) is 10.2 Å². The van der Waals surface area contributed by atoms with Crippen LogP contribution in [0.25, 0.3) is 0 Å². The van der Waals surface area contributed by atoms with E-state index in [1.54, 1.807) is 11.3 Å². The monoisotopic (exact) mass is 256 g/mol. The lowest BCUT2D eigenvalue weighted by molar-refractivity contribution is 0.0572. The zero-order valence-electron chi connectivity index (χ0n) is 10.2. The third-order valence-electron chi connectivity index (χ3n) is 3.23. The van der Waals surface area contributed by atoms with E-state index in [0.29, 0.717) is 13.1 Å². The maximum Gasteiger partial charge on any atom is 0.0938 e. The largest absolute Gasteiger partial charge is 0.389 e. The fraction of sp³-hybridized carbons (Fsp3) is 0.667. The maximum atomic E-state index is 9.62. The number of hydrogen-bond acceptors (Lipinski definition) is 5. The van der Waals surface area contributed by atoms with E-state index in [1.807, 2.05) is 6.92 Å². The van der Waals surface area contributed by atoms with Gasteiger partial charge in [0.25, 0.3) is 0 Å². The highest BCUT2D eigenvalue weighted by molar-refractivity contribution is 7.12. The van der Waals surface area contributed by atoms with Gasteiger partial charge in [0.15, 0.2) is 0 Å². The van der Waals surface area contributed by atoms with E-state index in [0.717, 1.165) is 0 Å². The first-order valence-corrected chi connectivity index (χ1v) is 6.73. The van der Waals surface area contributed by atoms with E-state index >= 15 is 0 Å². The highest BCUT2D eigenvalue weighted by Gasteiger charge is 2.36. The first-order chi connectivity index (χ1) is 7.99. The first kappa shape index (κ1) is 13.0. The summed E-state index contributed by atoms with van der Waals surface area (Å²) in [5, 5.41) is 19.2. The van der Waals surface area contributed by atoms with E-state index in [4.69, 9.17) is 5.73 Å². The quantitative estimate of drug-likeness (QED) is 0.736. The van der Waals surface area contributed by atoms with Gasteiger partial charge in [-0.2, -0.15) is 0 Å². The van der Waals surface area contributed by atoms with Crippen LogP contribution in [-0.2, 0) is 0 Å². The number of nitrogens with two attached hydrogens (primary N) is 1. The van der Waals surface area contributed by atoms with Gasteiger partial charge in [-0.1, -0.05) is 0 Å². The van der Waals surface area contributed by atoms with Gasteiger partial charge < -0.3 is 15.9 Å². The molecule has 0 amide bonds. The second kappa shape index (κ2) is 5.04. The summed E-state index contributed by atoms with van der Waals surface area (Å²) in [5.41, 5.74) is 6.05. The molecule has 4 nitrogen and oxygen atoms in total. The standard InChI is InChI=1S/C12H20N2O2S/c1-7-3-4-11(17-7)12(8(2)13)14-5-9(15)10(16)6-14/h3-4,8-10,12,15-16H,5-6,13H2,1-2H3. The maximum absolute atomic E-state index is 9.62. The third-order valence-corrected chi connectivity index (χ3v) is 4.30.